The van der Waals surface area contributed by atoms with Gasteiger partial charge in [-0.3, -0.25) is 9.59 Å². The highest BCUT2D eigenvalue weighted by Gasteiger charge is 2.28. The fourth-order valence-electron chi connectivity index (χ4n) is 3.62. The van der Waals surface area contributed by atoms with E-state index in [0.29, 0.717) is 24.4 Å². The number of carbonyl (C=O) groups excluding carboxylic acids is 1. The Morgan fingerprint density at radius 1 is 1.21 bits per heavy atom. The SMILES string of the molecule is CC(C)c1noc(C2CCN(C(=O)Cn3ccc4ccccc4c3=O)CC2)n1. The van der Waals surface area contributed by atoms with Crippen molar-refractivity contribution < 1.29 is 9.32 Å². The van der Waals surface area contributed by atoms with Gasteiger partial charge in [-0.25, -0.2) is 0 Å². The number of hydrogen-bond donors (Lipinski definition) is 0. The summed E-state index contributed by atoms with van der Waals surface area (Å²) in [7, 11) is 0. The summed E-state index contributed by atoms with van der Waals surface area (Å²) >= 11 is 0. The number of amides is 1. The normalized spacial score (nSPS) is 15.5. The molecule has 0 aliphatic carbocycles. The molecule has 0 bridgehead atoms. The van der Waals surface area contributed by atoms with Crippen molar-refractivity contribution in [3.63, 3.8) is 0 Å². The van der Waals surface area contributed by atoms with Gasteiger partial charge in [-0.2, -0.15) is 4.98 Å². The van der Waals surface area contributed by atoms with E-state index in [1.807, 2.05) is 43.0 Å². The number of nitrogens with zero attached hydrogens (tertiary/aromatic N) is 4. The van der Waals surface area contributed by atoms with Gasteiger partial charge in [0.05, 0.1) is 0 Å². The molecule has 7 nitrogen and oxygen atoms in total. The van der Waals surface area contributed by atoms with E-state index in [4.69, 9.17) is 4.52 Å². The summed E-state index contributed by atoms with van der Waals surface area (Å²) < 4.78 is 6.89. The van der Waals surface area contributed by atoms with Gasteiger partial charge in [0.15, 0.2) is 5.82 Å². The maximum Gasteiger partial charge on any atom is 0.258 e. The number of fused-ring (bicyclic) bond motifs is 1. The fourth-order valence-corrected chi connectivity index (χ4v) is 3.62. The van der Waals surface area contributed by atoms with Crippen LogP contribution in [-0.4, -0.2) is 38.6 Å². The number of pyridine rings is 1. The van der Waals surface area contributed by atoms with Gasteiger partial charge in [-0.05, 0) is 30.4 Å². The van der Waals surface area contributed by atoms with Crippen LogP contribution in [0.1, 0.15) is 50.2 Å². The lowest BCUT2D eigenvalue weighted by molar-refractivity contribution is -0.133. The van der Waals surface area contributed by atoms with Crippen LogP contribution in [0.2, 0.25) is 0 Å². The minimum atomic E-state index is -0.131. The Labute approximate surface area is 163 Å². The molecule has 1 amide bonds. The second-order valence-electron chi connectivity index (χ2n) is 7.64. The van der Waals surface area contributed by atoms with Crippen molar-refractivity contribution in [1.82, 2.24) is 19.6 Å². The van der Waals surface area contributed by atoms with Crippen molar-refractivity contribution in [3.05, 3.63) is 58.6 Å². The molecule has 0 N–H and O–H groups in total. The van der Waals surface area contributed by atoms with E-state index in [9.17, 15) is 9.59 Å². The third-order valence-electron chi connectivity index (χ3n) is 5.36. The number of likely N-dealkylation sites (tertiary alicyclic amines) is 1. The minimum absolute atomic E-state index is 0.0378. The highest BCUT2D eigenvalue weighted by molar-refractivity contribution is 5.82. The second-order valence-corrected chi connectivity index (χ2v) is 7.64. The van der Waals surface area contributed by atoms with Gasteiger partial charge < -0.3 is 14.0 Å². The molecule has 4 rings (SSSR count). The topological polar surface area (TPSA) is 81.2 Å². The first kappa shape index (κ1) is 18.4. The predicted molar refractivity (Wildman–Crippen MR) is 105 cm³/mol. The van der Waals surface area contributed by atoms with E-state index in [1.165, 1.54) is 4.57 Å². The lowest BCUT2D eigenvalue weighted by Gasteiger charge is -2.30. The van der Waals surface area contributed by atoms with Crippen molar-refractivity contribution in [1.29, 1.82) is 0 Å². The van der Waals surface area contributed by atoms with Crippen molar-refractivity contribution in [2.75, 3.05) is 13.1 Å². The Morgan fingerprint density at radius 2 is 1.96 bits per heavy atom. The number of piperidine rings is 1. The van der Waals surface area contributed by atoms with Crippen LogP contribution in [0, 0.1) is 0 Å². The average Bonchev–Trinajstić information content (AvgIpc) is 3.21. The quantitative estimate of drug-likeness (QED) is 0.695. The summed E-state index contributed by atoms with van der Waals surface area (Å²) in [4.78, 5) is 31.6. The average molecular weight is 380 g/mol. The molecule has 3 heterocycles. The van der Waals surface area contributed by atoms with Crippen LogP contribution in [0.3, 0.4) is 0 Å². The zero-order valence-electron chi connectivity index (χ0n) is 16.2. The summed E-state index contributed by atoms with van der Waals surface area (Å²) in [5.41, 5.74) is -0.131. The highest BCUT2D eigenvalue weighted by atomic mass is 16.5. The predicted octanol–water partition coefficient (Wildman–Crippen LogP) is 2.91. The Bertz CT molecular complexity index is 1040. The maximum absolute atomic E-state index is 12.7. The molecule has 7 heteroatoms. The summed E-state index contributed by atoms with van der Waals surface area (Å²) in [6.07, 6.45) is 3.28. The molecule has 1 aliphatic heterocycles. The molecular weight excluding hydrogens is 356 g/mol. The summed E-state index contributed by atoms with van der Waals surface area (Å²) in [5, 5.41) is 5.55. The summed E-state index contributed by atoms with van der Waals surface area (Å²) in [6.45, 7) is 5.39. The molecule has 0 radical (unpaired) electrons. The molecule has 1 fully saturated rings. The molecule has 28 heavy (non-hydrogen) atoms. The Hall–Kier alpha value is -2.96. The lowest BCUT2D eigenvalue weighted by atomic mass is 9.96. The fraction of sp³-hybridized carbons (Fsp3) is 0.429. The van der Waals surface area contributed by atoms with Crippen molar-refractivity contribution in [2.45, 2.75) is 45.1 Å². The van der Waals surface area contributed by atoms with Crippen LogP contribution in [0.25, 0.3) is 10.8 Å². The van der Waals surface area contributed by atoms with Crippen molar-refractivity contribution in [3.8, 4) is 0 Å². The van der Waals surface area contributed by atoms with E-state index in [1.54, 1.807) is 12.3 Å². The number of hydrogen-bond acceptors (Lipinski definition) is 5. The van der Waals surface area contributed by atoms with Crippen LogP contribution in [-0.2, 0) is 11.3 Å². The third kappa shape index (κ3) is 3.56. The number of benzene rings is 1. The van der Waals surface area contributed by atoms with E-state index in [-0.39, 0.29) is 29.8 Å². The van der Waals surface area contributed by atoms with E-state index >= 15 is 0 Å². The highest BCUT2D eigenvalue weighted by Crippen LogP contribution is 2.27. The molecule has 0 atom stereocenters. The minimum Gasteiger partial charge on any atom is -0.341 e. The van der Waals surface area contributed by atoms with Gasteiger partial charge in [0.25, 0.3) is 5.56 Å². The van der Waals surface area contributed by atoms with Crippen LogP contribution in [0.4, 0.5) is 0 Å². The van der Waals surface area contributed by atoms with E-state index in [2.05, 4.69) is 10.1 Å². The van der Waals surface area contributed by atoms with Crippen LogP contribution >= 0.6 is 0 Å². The first-order valence-electron chi connectivity index (χ1n) is 9.72. The Morgan fingerprint density at radius 3 is 2.68 bits per heavy atom. The second kappa shape index (κ2) is 7.58. The third-order valence-corrected chi connectivity index (χ3v) is 5.36. The molecule has 146 valence electrons. The molecule has 1 saturated heterocycles. The monoisotopic (exact) mass is 380 g/mol. The molecule has 3 aromatic rings. The number of aromatic nitrogens is 3. The Balaban J connectivity index is 1.40. The van der Waals surface area contributed by atoms with E-state index in [0.717, 1.165) is 24.1 Å². The molecule has 2 aromatic heterocycles. The maximum atomic E-state index is 12.7. The molecule has 0 unspecified atom stereocenters. The van der Waals surface area contributed by atoms with E-state index < -0.39 is 0 Å². The van der Waals surface area contributed by atoms with Crippen LogP contribution in [0.5, 0.6) is 0 Å². The number of rotatable bonds is 4. The number of carbonyl (C=O) groups is 1. The van der Waals surface area contributed by atoms with Gasteiger partial charge >= 0.3 is 0 Å². The summed E-state index contributed by atoms with van der Waals surface area (Å²) in [5.74, 6) is 1.78. The van der Waals surface area contributed by atoms with Crippen molar-refractivity contribution >= 4 is 16.7 Å². The summed E-state index contributed by atoms with van der Waals surface area (Å²) in [6, 6.07) is 9.30. The molecule has 0 saturated carbocycles. The van der Waals surface area contributed by atoms with Gasteiger partial charge in [-0.1, -0.05) is 37.2 Å². The lowest BCUT2D eigenvalue weighted by Crippen LogP contribution is -2.41. The molecular formula is C21H24N4O3. The van der Waals surface area contributed by atoms with Gasteiger partial charge in [0.2, 0.25) is 11.8 Å². The standard InChI is InChI=1S/C21H24N4O3/c1-14(2)19-22-20(28-23-19)16-8-10-24(11-9-16)18(26)13-25-12-7-15-5-3-4-6-17(15)21(25)27/h3-7,12,14,16H,8-11,13H2,1-2H3. The van der Waals surface area contributed by atoms with Gasteiger partial charge in [0, 0.05) is 36.5 Å². The molecule has 0 spiro atoms. The van der Waals surface area contributed by atoms with Crippen LogP contribution in [0.15, 0.2) is 45.8 Å². The Kier molecular flexibility index (Phi) is 4.98. The first-order valence-corrected chi connectivity index (χ1v) is 9.72. The van der Waals surface area contributed by atoms with Gasteiger partial charge in [0.1, 0.15) is 6.54 Å². The van der Waals surface area contributed by atoms with Gasteiger partial charge in [-0.15, -0.1) is 0 Å². The smallest absolute Gasteiger partial charge is 0.258 e. The largest absolute Gasteiger partial charge is 0.341 e. The first-order chi connectivity index (χ1) is 13.5. The van der Waals surface area contributed by atoms with Crippen LogP contribution < -0.4 is 5.56 Å². The zero-order chi connectivity index (χ0) is 19.7. The molecule has 1 aromatic carbocycles. The van der Waals surface area contributed by atoms with Crippen molar-refractivity contribution in [2.24, 2.45) is 0 Å². The zero-order valence-corrected chi connectivity index (χ0v) is 16.2. The molecule has 1 aliphatic rings.